The topological polar surface area (TPSA) is 33.1 Å². The second kappa shape index (κ2) is 2.89. The number of phenols is 1. The number of hydrogen-bond acceptors (Lipinski definition) is 2. The Bertz CT molecular complexity index is 468. The lowest BCUT2D eigenvalue weighted by molar-refractivity contribution is 0.476. The lowest BCUT2D eigenvalue weighted by Crippen LogP contribution is -1.83. The predicted octanol–water partition coefficient (Wildman–Crippen LogP) is 2.90. The molecule has 13 heavy (non-hydrogen) atoms. The minimum Gasteiger partial charge on any atom is -0.508 e. The molecule has 0 atom stereocenters. The van der Waals surface area contributed by atoms with Crippen molar-refractivity contribution in [3.63, 3.8) is 0 Å². The van der Waals surface area contributed by atoms with Crippen molar-refractivity contribution in [1.82, 2.24) is 4.98 Å². The molecule has 1 aromatic heterocycles. The van der Waals surface area contributed by atoms with Gasteiger partial charge in [-0.15, -0.1) is 0 Å². The van der Waals surface area contributed by atoms with Crippen LogP contribution in [0.1, 0.15) is 5.56 Å². The van der Waals surface area contributed by atoms with Crippen molar-refractivity contribution in [2.24, 2.45) is 0 Å². The summed E-state index contributed by atoms with van der Waals surface area (Å²) in [5.41, 5.74) is 1.06. The molecule has 0 radical (unpaired) electrons. The molecule has 0 unspecified atom stereocenters. The van der Waals surface area contributed by atoms with Crippen LogP contribution in [-0.4, -0.2) is 10.1 Å². The number of halogens is 1. The number of pyridine rings is 1. The van der Waals surface area contributed by atoms with Crippen LogP contribution in [0.3, 0.4) is 0 Å². The number of aromatic hydroxyl groups is 1. The molecule has 0 aliphatic heterocycles. The van der Waals surface area contributed by atoms with Crippen molar-refractivity contribution in [2.75, 3.05) is 0 Å². The lowest BCUT2D eigenvalue weighted by Gasteiger charge is -2.03. The summed E-state index contributed by atoms with van der Waals surface area (Å²) in [7, 11) is 0. The molecule has 1 aromatic carbocycles. The second-order valence-electron chi connectivity index (χ2n) is 2.96. The Kier molecular flexibility index (Phi) is 1.85. The van der Waals surface area contributed by atoms with Gasteiger partial charge in [-0.05, 0) is 30.0 Å². The maximum Gasteiger partial charge on any atom is 0.136 e. The van der Waals surface area contributed by atoms with Crippen LogP contribution in [-0.2, 0) is 0 Å². The van der Waals surface area contributed by atoms with Gasteiger partial charge in [-0.1, -0.05) is 17.7 Å². The van der Waals surface area contributed by atoms with Crippen molar-refractivity contribution in [3.8, 4) is 5.75 Å². The first-order valence-corrected chi connectivity index (χ1v) is 4.30. The first kappa shape index (κ1) is 8.32. The van der Waals surface area contributed by atoms with E-state index >= 15 is 0 Å². The number of fused-ring (bicyclic) bond motifs is 1. The van der Waals surface area contributed by atoms with Gasteiger partial charge in [0.1, 0.15) is 10.9 Å². The quantitative estimate of drug-likeness (QED) is 0.653. The van der Waals surface area contributed by atoms with Crippen molar-refractivity contribution in [2.45, 2.75) is 6.92 Å². The van der Waals surface area contributed by atoms with E-state index in [-0.39, 0.29) is 5.75 Å². The maximum absolute atomic E-state index is 9.26. The van der Waals surface area contributed by atoms with Gasteiger partial charge in [0, 0.05) is 11.6 Å². The SMILES string of the molecule is Cc1cnc(Cl)c2cc(O)ccc12. The highest BCUT2D eigenvalue weighted by Gasteiger charge is 2.03. The molecule has 0 saturated heterocycles. The number of hydrogen-bond donors (Lipinski definition) is 1. The molecular formula is C10H8ClNO. The standard InChI is InChI=1S/C10H8ClNO/c1-6-5-12-10(11)9-4-7(13)2-3-8(6)9/h2-5,13H,1H3. The summed E-state index contributed by atoms with van der Waals surface area (Å²) in [6.07, 6.45) is 1.72. The van der Waals surface area contributed by atoms with E-state index in [1.807, 2.05) is 13.0 Å². The van der Waals surface area contributed by atoms with E-state index in [9.17, 15) is 5.11 Å². The average Bonchev–Trinajstić information content (AvgIpc) is 2.12. The number of rotatable bonds is 0. The summed E-state index contributed by atoms with van der Waals surface area (Å²) < 4.78 is 0. The van der Waals surface area contributed by atoms with Crippen LogP contribution in [0.25, 0.3) is 10.8 Å². The van der Waals surface area contributed by atoms with Gasteiger partial charge in [0.15, 0.2) is 0 Å². The fraction of sp³-hybridized carbons (Fsp3) is 0.100. The van der Waals surface area contributed by atoms with E-state index < -0.39 is 0 Å². The fourth-order valence-electron chi connectivity index (χ4n) is 1.34. The third-order valence-electron chi connectivity index (χ3n) is 2.02. The largest absolute Gasteiger partial charge is 0.508 e. The van der Waals surface area contributed by atoms with Gasteiger partial charge in [-0.25, -0.2) is 4.98 Å². The van der Waals surface area contributed by atoms with Gasteiger partial charge in [-0.3, -0.25) is 0 Å². The maximum atomic E-state index is 9.26. The van der Waals surface area contributed by atoms with Crippen LogP contribution in [0.2, 0.25) is 5.15 Å². The molecule has 1 N–H and O–H groups in total. The molecule has 66 valence electrons. The van der Waals surface area contributed by atoms with Gasteiger partial charge < -0.3 is 5.11 Å². The summed E-state index contributed by atoms with van der Waals surface area (Å²) in [4.78, 5) is 4.00. The molecule has 0 amide bonds. The zero-order valence-electron chi connectivity index (χ0n) is 7.08. The van der Waals surface area contributed by atoms with E-state index in [1.165, 1.54) is 0 Å². The van der Waals surface area contributed by atoms with Crippen molar-refractivity contribution < 1.29 is 5.11 Å². The highest BCUT2D eigenvalue weighted by Crippen LogP contribution is 2.27. The molecule has 0 spiro atoms. The van der Waals surface area contributed by atoms with E-state index in [4.69, 9.17) is 11.6 Å². The molecule has 0 aliphatic rings. The third kappa shape index (κ3) is 1.33. The lowest BCUT2D eigenvalue weighted by atomic mass is 10.1. The first-order valence-electron chi connectivity index (χ1n) is 3.92. The number of benzene rings is 1. The van der Waals surface area contributed by atoms with Crippen molar-refractivity contribution in [3.05, 3.63) is 35.1 Å². The number of aryl methyl sites for hydroxylation is 1. The van der Waals surface area contributed by atoms with Crippen molar-refractivity contribution in [1.29, 1.82) is 0 Å². The second-order valence-corrected chi connectivity index (χ2v) is 3.32. The molecule has 1 heterocycles. The summed E-state index contributed by atoms with van der Waals surface area (Å²) in [6.45, 7) is 1.96. The van der Waals surface area contributed by atoms with Crippen LogP contribution in [0.4, 0.5) is 0 Å². The third-order valence-corrected chi connectivity index (χ3v) is 2.32. The highest BCUT2D eigenvalue weighted by atomic mass is 35.5. The minimum atomic E-state index is 0.210. The zero-order valence-corrected chi connectivity index (χ0v) is 7.84. The van der Waals surface area contributed by atoms with Crippen LogP contribution < -0.4 is 0 Å². The summed E-state index contributed by atoms with van der Waals surface area (Å²) >= 11 is 5.88. The summed E-state index contributed by atoms with van der Waals surface area (Å²) in [5, 5.41) is 11.5. The Morgan fingerprint density at radius 1 is 1.31 bits per heavy atom. The molecule has 2 aromatic rings. The molecule has 2 rings (SSSR count). The van der Waals surface area contributed by atoms with E-state index in [2.05, 4.69) is 4.98 Å². The highest BCUT2D eigenvalue weighted by molar-refractivity contribution is 6.34. The minimum absolute atomic E-state index is 0.210. The molecule has 3 heteroatoms. The van der Waals surface area contributed by atoms with E-state index in [0.717, 1.165) is 16.3 Å². The average molecular weight is 194 g/mol. The Morgan fingerprint density at radius 2 is 2.08 bits per heavy atom. The number of phenolic OH excluding ortho intramolecular Hbond substituents is 1. The van der Waals surface area contributed by atoms with Crippen LogP contribution in [0.15, 0.2) is 24.4 Å². The fourth-order valence-corrected chi connectivity index (χ4v) is 1.54. The van der Waals surface area contributed by atoms with Crippen molar-refractivity contribution >= 4 is 22.4 Å². The molecule has 0 saturated carbocycles. The Labute approximate surface area is 80.8 Å². The molecular weight excluding hydrogens is 186 g/mol. The predicted molar refractivity (Wildman–Crippen MR) is 53.2 cm³/mol. The normalized spacial score (nSPS) is 10.6. The Balaban J connectivity index is 2.92. The number of aromatic nitrogens is 1. The van der Waals surface area contributed by atoms with E-state index in [1.54, 1.807) is 18.3 Å². The molecule has 0 aliphatic carbocycles. The van der Waals surface area contributed by atoms with Gasteiger partial charge in [0.05, 0.1) is 0 Å². The van der Waals surface area contributed by atoms with Gasteiger partial charge in [0.2, 0.25) is 0 Å². The molecule has 2 nitrogen and oxygen atoms in total. The van der Waals surface area contributed by atoms with Crippen LogP contribution in [0, 0.1) is 6.92 Å². The monoisotopic (exact) mass is 193 g/mol. The van der Waals surface area contributed by atoms with E-state index in [0.29, 0.717) is 5.15 Å². The summed E-state index contributed by atoms with van der Waals surface area (Å²) in [6, 6.07) is 5.11. The summed E-state index contributed by atoms with van der Waals surface area (Å²) in [5.74, 6) is 0.210. The molecule has 0 bridgehead atoms. The van der Waals surface area contributed by atoms with Crippen LogP contribution in [0.5, 0.6) is 5.75 Å². The first-order chi connectivity index (χ1) is 6.18. The Morgan fingerprint density at radius 3 is 2.85 bits per heavy atom. The smallest absolute Gasteiger partial charge is 0.136 e. The van der Waals surface area contributed by atoms with Gasteiger partial charge in [-0.2, -0.15) is 0 Å². The zero-order chi connectivity index (χ0) is 9.42. The van der Waals surface area contributed by atoms with Gasteiger partial charge >= 0.3 is 0 Å². The number of nitrogens with zero attached hydrogens (tertiary/aromatic N) is 1. The Hall–Kier alpha value is -1.28. The van der Waals surface area contributed by atoms with Crippen LogP contribution >= 0.6 is 11.6 Å². The van der Waals surface area contributed by atoms with Gasteiger partial charge in [0.25, 0.3) is 0 Å². The molecule has 0 fully saturated rings.